The summed E-state index contributed by atoms with van der Waals surface area (Å²) < 4.78 is 5.85. The molecule has 1 aliphatic heterocycles. The van der Waals surface area contributed by atoms with Gasteiger partial charge in [-0.1, -0.05) is 22.0 Å². The number of methoxy groups -OCH3 is 1. The molecule has 0 saturated heterocycles. The summed E-state index contributed by atoms with van der Waals surface area (Å²) in [6.07, 6.45) is 0.457. The van der Waals surface area contributed by atoms with Crippen LogP contribution in [0.5, 0.6) is 5.75 Å². The van der Waals surface area contributed by atoms with Gasteiger partial charge in [0.25, 0.3) is 11.8 Å². The summed E-state index contributed by atoms with van der Waals surface area (Å²) in [5.74, 6) is 0.0329. The Kier molecular flexibility index (Phi) is 5.75. The van der Waals surface area contributed by atoms with Gasteiger partial charge in [0.15, 0.2) is 0 Å². The Bertz CT molecular complexity index is 900. The fourth-order valence-corrected chi connectivity index (χ4v) is 3.14. The maximum atomic E-state index is 12.4. The van der Waals surface area contributed by atoms with Gasteiger partial charge in [0.05, 0.1) is 18.2 Å². The summed E-state index contributed by atoms with van der Waals surface area (Å²) in [4.78, 5) is 37.8. The number of fused-ring (bicyclic) bond motifs is 1. The van der Waals surface area contributed by atoms with Crippen LogP contribution in [0.2, 0.25) is 0 Å². The van der Waals surface area contributed by atoms with E-state index in [1.165, 1.54) is 4.90 Å². The van der Waals surface area contributed by atoms with Crippen molar-refractivity contribution in [1.29, 1.82) is 0 Å². The Morgan fingerprint density at radius 3 is 2.67 bits per heavy atom. The number of ether oxygens (including phenoxy) is 1. The van der Waals surface area contributed by atoms with Crippen molar-refractivity contribution in [2.75, 3.05) is 25.5 Å². The normalized spacial score (nSPS) is 12.7. The monoisotopic (exact) mass is 431 g/mol. The molecule has 0 radical (unpaired) electrons. The second-order valence-electron chi connectivity index (χ2n) is 5.92. The van der Waals surface area contributed by atoms with E-state index in [1.807, 2.05) is 0 Å². The zero-order chi connectivity index (χ0) is 19.4. The molecular formula is C19H18BrN3O4. The lowest BCUT2D eigenvalue weighted by atomic mass is 10.1. The third-order valence-corrected chi connectivity index (χ3v) is 4.60. The van der Waals surface area contributed by atoms with Crippen molar-refractivity contribution >= 4 is 39.5 Å². The number of nitrogens with one attached hydrogen (secondary N) is 2. The number of amides is 4. The molecule has 2 aromatic carbocycles. The largest absolute Gasteiger partial charge is 0.497 e. The van der Waals surface area contributed by atoms with E-state index in [0.717, 1.165) is 4.47 Å². The van der Waals surface area contributed by atoms with Gasteiger partial charge in [0.2, 0.25) is 0 Å². The van der Waals surface area contributed by atoms with Gasteiger partial charge < -0.3 is 15.4 Å². The molecule has 0 saturated carbocycles. The molecule has 1 aliphatic rings. The van der Waals surface area contributed by atoms with Crippen LogP contribution in [0.3, 0.4) is 0 Å². The second-order valence-corrected chi connectivity index (χ2v) is 6.83. The van der Waals surface area contributed by atoms with E-state index in [-0.39, 0.29) is 24.4 Å². The summed E-state index contributed by atoms with van der Waals surface area (Å²) in [7, 11) is 1.55. The van der Waals surface area contributed by atoms with E-state index in [1.54, 1.807) is 49.6 Å². The minimum absolute atomic E-state index is 0.239. The lowest BCUT2D eigenvalue weighted by Crippen LogP contribution is -2.35. The Morgan fingerprint density at radius 1 is 1.11 bits per heavy atom. The van der Waals surface area contributed by atoms with Crippen molar-refractivity contribution in [2.45, 2.75) is 6.42 Å². The summed E-state index contributed by atoms with van der Waals surface area (Å²) >= 11 is 3.30. The molecule has 4 amide bonds. The van der Waals surface area contributed by atoms with Crippen LogP contribution in [0, 0.1) is 0 Å². The predicted molar refractivity (Wildman–Crippen MR) is 104 cm³/mol. The first-order valence-corrected chi connectivity index (χ1v) is 9.13. The van der Waals surface area contributed by atoms with E-state index >= 15 is 0 Å². The average molecular weight is 432 g/mol. The first-order chi connectivity index (χ1) is 13.0. The van der Waals surface area contributed by atoms with Gasteiger partial charge >= 0.3 is 6.03 Å². The number of carbonyl (C=O) groups is 3. The van der Waals surface area contributed by atoms with Crippen LogP contribution in [-0.4, -0.2) is 42.9 Å². The number of nitrogens with zero attached hydrogens (tertiary/aromatic N) is 1. The smallest absolute Gasteiger partial charge is 0.319 e. The number of rotatable bonds is 6. The van der Waals surface area contributed by atoms with Crippen molar-refractivity contribution in [3.05, 3.63) is 58.1 Å². The van der Waals surface area contributed by atoms with E-state index in [4.69, 9.17) is 4.74 Å². The molecule has 0 bridgehead atoms. The summed E-state index contributed by atoms with van der Waals surface area (Å²) in [6.45, 7) is 0.566. The molecule has 8 heteroatoms. The number of benzene rings is 2. The number of urea groups is 1. The van der Waals surface area contributed by atoms with Crippen LogP contribution >= 0.6 is 15.9 Å². The lowest BCUT2D eigenvalue weighted by molar-refractivity contribution is 0.0653. The molecule has 27 heavy (non-hydrogen) atoms. The van der Waals surface area contributed by atoms with Gasteiger partial charge in [-0.05, 0) is 36.8 Å². The average Bonchev–Trinajstić information content (AvgIpc) is 2.89. The summed E-state index contributed by atoms with van der Waals surface area (Å²) in [5.41, 5.74) is 1.42. The van der Waals surface area contributed by atoms with Crippen molar-refractivity contribution < 1.29 is 19.1 Å². The highest BCUT2D eigenvalue weighted by Crippen LogP contribution is 2.26. The molecule has 7 nitrogen and oxygen atoms in total. The highest BCUT2D eigenvalue weighted by atomic mass is 79.9. The van der Waals surface area contributed by atoms with Gasteiger partial charge in [-0.25, -0.2) is 4.79 Å². The van der Waals surface area contributed by atoms with Crippen LogP contribution in [0.4, 0.5) is 10.5 Å². The van der Waals surface area contributed by atoms with Crippen molar-refractivity contribution in [2.24, 2.45) is 0 Å². The highest BCUT2D eigenvalue weighted by molar-refractivity contribution is 9.10. The number of anilines is 1. The van der Waals surface area contributed by atoms with Crippen molar-refractivity contribution in [1.82, 2.24) is 10.2 Å². The fraction of sp³-hybridized carbons (Fsp3) is 0.211. The number of hydrogen-bond acceptors (Lipinski definition) is 4. The Labute approximate surface area is 164 Å². The topological polar surface area (TPSA) is 87.7 Å². The Morgan fingerprint density at radius 2 is 1.89 bits per heavy atom. The molecule has 1 heterocycles. The minimum Gasteiger partial charge on any atom is -0.497 e. The molecule has 0 atom stereocenters. The van der Waals surface area contributed by atoms with Gasteiger partial charge in [-0.2, -0.15) is 0 Å². The maximum Gasteiger partial charge on any atom is 0.319 e. The molecule has 0 aromatic heterocycles. The molecule has 2 aromatic rings. The zero-order valence-electron chi connectivity index (χ0n) is 14.6. The van der Waals surface area contributed by atoms with Gasteiger partial charge in [-0.3, -0.25) is 14.5 Å². The fourth-order valence-electron chi connectivity index (χ4n) is 2.78. The van der Waals surface area contributed by atoms with Crippen molar-refractivity contribution in [3.63, 3.8) is 0 Å². The number of halogens is 1. The van der Waals surface area contributed by atoms with Gasteiger partial charge in [0.1, 0.15) is 5.75 Å². The standard InChI is InChI=1S/C19H18BrN3O4/c1-27-14-5-2-4-13(11-14)22-19(26)21-8-3-9-23-17(24)15-7-6-12(20)10-16(15)18(23)25/h2,4-7,10-11H,3,8-9H2,1H3,(H2,21,22,26). The molecule has 2 N–H and O–H groups in total. The number of hydrogen-bond donors (Lipinski definition) is 2. The van der Waals surface area contributed by atoms with E-state index in [0.29, 0.717) is 35.5 Å². The molecular weight excluding hydrogens is 414 g/mol. The molecule has 0 fully saturated rings. The van der Waals surface area contributed by atoms with Crippen LogP contribution < -0.4 is 15.4 Å². The quantitative estimate of drug-likeness (QED) is 0.542. The molecule has 0 unspecified atom stereocenters. The van der Waals surface area contributed by atoms with Crippen molar-refractivity contribution in [3.8, 4) is 5.75 Å². The SMILES string of the molecule is COc1cccc(NC(=O)NCCCN2C(=O)c3ccc(Br)cc3C2=O)c1. The molecule has 3 rings (SSSR count). The Hall–Kier alpha value is -2.87. The van der Waals surface area contributed by atoms with Crippen LogP contribution in [-0.2, 0) is 0 Å². The van der Waals surface area contributed by atoms with Crippen LogP contribution in [0.25, 0.3) is 0 Å². The molecule has 0 aliphatic carbocycles. The summed E-state index contributed by atoms with van der Waals surface area (Å²) in [6, 6.07) is 11.7. The minimum atomic E-state index is -0.366. The first-order valence-electron chi connectivity index (χ1n) is 8.34. The third kappa shape index (κ3) is 4.28. The Balaban J connectivity index is 1.47. The lowest BCUT2D eigenvalue weighted by Gasteiger charge is -2.14. The van der Waals surface area contributed by atoms with Gasteiger partial charge in [0, 0.05) is 29.3 Å². The maximum absolute atomic E-state index is 12.4. The van der Waals surface area contributed by atoms with E-state index in [9.17, 15) is 14.4 Å². The first kappa shape index (κ1) is 18.9. The third-order valence-electron chi connectivity index (χ3n) is 4.10. The zero-order valence-corrected chi connectivity index (χ0v) is 16.2. The number of imide groups is 1. The highest BCUT2D eigenvalue weighted by Gasteiger charge is 2.34. The van der Waals surface area contributed by atoms with Gasteiger partial charge in [-0.15, -0.1) is 0 Å². The molecule has 0 spiro atoms. The van der Waals surface area contributed by atoms with E-state index in [2.05, 4.69) is 26.6 Å². The number of carbonyl (C=O) groups excluding carboxylic acids is 3. The predicted octanol–water partition coefficient (Wildman–Crippen LogP) is 3.27. The van der Waals surface area contributed by atoms with Crippen LogP contribution in [0.1, 0.15) is 27.1 Å². The van der Waals surface area contributed by atoms with E-state index < -0.39 is 0 Å². The second kappa shape index (κ2) is 8.22. The summed E-state index contributed by atoms with van der Waals surface area (Å²) in [5, 5.41) is 5.41. The molecule has 140 valence electrons. The van der Waals surface area contributed by atoms with Crippen LogP contribution in [0.15, 0.2) is 46.9 Å².